The van der Waals surface area contributed by atoms with E-state index in [1.54, 1.807) is 4.90 Å². The molecule has 7 heteroatoms. The van der Waals surface area contributed by atoms with E-state index >= 15 is 0 Å². The lowest BCUT2D eigenvalue weighted by Gasteiger charge is -2.39. The Bertz CT molecular complexity index is 641. The molecule has 0 spiro atoms. The lowest BCUT2D eigenvalue weighted by Crippen LogP contribution is -2.54. The second-order valence-corrected chi connectivity index (χ2v) is 7.68. The molecule has 25 heavy (non-hydrogen) atoms. The minimum Gasteiger partial charge on any atom is -0.337 e. The summed E-state index contributed by atoms with van der Waals surface area (Å²) in [6.07, 6.45) is 3.59. The van der Waals surface area contributed by atoms with Crippen molar-refractivity contribution >= 4 is 45.8 Å². The summed E-state index contributed by atoms with van der Waals surface area (Å²) in [5.41, 5.74) is 6.91. The van der Waals surface area contributed by atoms with Crippen LogP contribution in [-0.4, -0.2) is 41.9 Å². The van der Waals surface area contributed by atoms with Gasteiger partial charge in [-0.15, -0.1) is 12.4 Å². The highest BCUT2D eigenvalue weighted by atomic mass is 79.9. The van der Waals surface area contributed by atoms with Gasteiger partial charge in [0.15, 0.2) is 0 Å². The van der Waals surface area contributed by atoms with Gasteiger partial charge in [-0.05, 0) is 50.8 Å². The Kier molecular flexibility index (Phi) is 6.88. The Balaban J connectivity index is 0.00000225. The van der Waals surface area contributed by atoms with Crippen molar-refractivity contribution in [1.82, 2.24) is 4.90 Å². The van der Waals surface area contributed by atoms with Crippen LogP contribution in [0, 0.1) is 5.92 Å². The van der Waals surface area contributed by atoms with E-state index in [0.717, 1.165) is 29.4 Å². The summed E-state index contributed by atoms with van der Waals surface area (Å²) in [6.45, 7) is 3.24. The molecule has 1 aromatic rings. The molecule has 2 saturated heterocycles. The number of anilines is 1. The van der Waals surface area contributed by atoms with Crippen molar-refractivity contribution in [3.63, 3.8) is 0 Å². The molecule has 0 radical (unpaired) electrons. The maximum Gasteiger partial charge on any atom is 0.239 e. The molecule has 2 fully saturated rings. The normalized spacial score (nSPS) is 24.8. The Hall–Kier alpha value is -1.11. The zero-order valence-electron chi connectivity index (χ0n) is 14.4. The fourth-order valence-corrected chi connectivity index (χ4v) is 4.17. The molecule has 3 unspecified atom stereocenters. The van der Waals surface area contributed by atoms with Gasteiger partial charge in [-0.3, -0.25) is 9.59 Å². The molecule has 2 N–H and O–H groups in total. The zero-order valence-corrected chi connectivity index (χ0v) is 16.8. The van der Waals surface area contributed by atoms with E-state index in [2.05, 4.69) is 15.9 Å². The fraction of sp³-hybridized carbons (Fsp3) is 0.556. The second kappa shape index (κ2) is 8.52. The van der Waals surface area contributed by atoms with Crippen LogP contribution in [0.1, 0.15) is 32.6 Å². The van der Waals surface area contributed by atoms with Gasteiger partial charge in [-0.25, -0.2) is 0 Å². The lowest BCUT2D eigenvalue weighted by molar-refractivity contribution is -0.143. The maximum atomic E-state index is 13.0. The Labute approximate surface area is 163 Å². The monoisotopic (exact) mass is 429 g/mol. The lowest BCUT2D eigenvalue weighted by atomic mass is 9.94. The summed E-state index contributed by atoms with van der Waals surface area (Å²) in [7, 11) is 0. The van der Waals surface area contributed by atoms with Crippen molar-refractivity contribution in [2.24, 2.45) is 11.7 Å². The van der Waals surface area contributed by atoms with Crippen LogP contribution in [0.25, 0.3) is 0 Å². The molecule has 2 aliphatic rings. The molecule has 3 rings (SSSR count). The van der Waals surface area contributed by atoms with Gasteiger partial charge >= 0.3 is 0 Å². The maximum absolute atomic E-state index is 13.0. The minimum atomic E-state index is -0.566. The van der Waals surface area contributed by atoms with Crippen molar-refractivity contribution in [3.05, 3.63) is 28.7 Å². The SMILES string of the molecule is CC(N)C1CCCCN1C(=O)C1CCN(c2cccc(Br)c2)C1=O.Cl. The molecule has 138 valence electrons. The number of amides is 2. The molecule has 2 aliphatic heterocycles. The van der Waals surface area contributed by atoms with Gasteiger partial charge in [0.2, 0.25) is 11.8 Å². The van der Waals surface area contributed by atoms with E-state index in [9.17, 15) is 9.59 Å². The third-order valence-electron chi connectivity index (χ3n) is 5.06. The van der Waals surface area contributed by atoms with E-state index in [4.69, 9.17) is 5.73 Å². The molecule has 2 heterocycles. The van der Waals surface area contributed by atoms with E-state index in [0.29, 0.717) is 19.5 Å². The Morgan fingerprint density at radius 2 is 2.04 bits per heavy atom. The number of hydrogen-bond donors (Lipinski definition) is 1. The van der Waals surface area contributed by atoms with E-state index in [1.807, 2.05) is 36.1 Å². The van der Waals surface area contributed by atoms with Gasteiger partial charge in [0.1, 0.15) is 5.92 Å². The highest BCUT2D eigenvalue weighted by molar-refractivity contribution is 9.10. The summed E-state index contributed by atoms with van der Waals surface area (Å²) < 4.78 is 0.927. The summed E-state index contributed by atoms with van der Waals surface area (Å²) in [5, 5.41) is 0. The number of likely N-dealkylation sites (tertiary alicyclic amines) is 1. The van der Waals surface area contributed by atoms with E-state index < -0.39 is 5.92 Å². The number of nitrogens with zero attached hydrogens (tertiary/aromatic N) is 2. The van der Waals surface area contributed by atoms with E-state index in [-0.39, 0.29) is 36.3 Å². The third-order valence-corrected chi connectivity index (χ3v) is 5.56. The number of nitrogens with two attached hydrogens (primary N) is 1. The number of carbonyl (C=O) groups is 2. The summed E-state index contributed by atoms with van der Waals surface area (Å²) in [5.74, 6) is -0.699. The smallest absolute Gasteiger partial charge is 0.239 e. The molecular weight excluding hydrogens is 406 g/mol. The van der Waals surface area contributed by atoms with Gasteiger partial charge in [0, 0.05) is 35.3 Å². The topological polar surface area (TPSA) is 66.6 Å². The Morgan fingerprint density at radius 1 is 1.28 bits per heavy atom. The summed E-state index contributed by atoms with van der Waals surface area (Å²) in [6, 6.07) is 7.63. The largest absolute Gasteiger partial charge is 0.337 e. The molecule has 0 saturated carbocycles. The molecule has 2 amide bonds. The summed E-state index contributed by atoms with van der Waals surface area (Å²) in [4.78, 5) is 29.4. The van der Waals surface area contributed by atoms with E-state index in [1.165, 1.54) is 0 Å². The molecule has 5 nitrogen and oxygen atoms in total. The first kappa shape index (κ1) is 20.2. The highest BCUT2D eigenvalue weighted by Crippen LogP contribution is 2.30. The van der Waals surface area contributed by atoms with Crippen molar-refractivity contribution < 1.29 is 9.59 Å². The first-order chi connectivity index (χ1) is 11.5. The van der Waals surface area contributed by atoms with Crippen LogP contribution in [0.3, 0.4) is 0 Å². The van der Waals surface area contributed by atoms with Crippen LogP contribution in [0.15, 0.2) is 28.7 Å². The molecule has 3 atom stereocenters. The molecular formula is C18H25BrClN3O2. The minimum absolute atomic E-state index is 0. The van der Waals surface area contributed by atoms with Crippen molar-refractivity contribution in [1.29, 1.82) is 0 Å². The highest BCUT2D eigenvalue weighted by Gasteiger charge is 2.42. The number of benzene rings is 1. The number of piperidine rings is 1. The summed E-state index contributed by atoms with van der Waals surface area (Å²) >= 11 is 3.43. The average molecular weight is 431 g/mol. The first-order valence-electron chi connectivity index (χ1n) is 8.62. The Morgan fingerprint density at radius 3 is 2.72 bits per heavy atom. The predicted octanol–water partition coefficient (Wildman–Crippen LogP) is 2.95. The second-order valence-electron chi connectivity index (χ2n) is 6.76. The molecule has 0 aromatic heterocycles. The van der Waals surface area contributed by atoms with Crippen LogP contribution in [-0.2, 0) is 9.59 Å². The molecule has 0 aliphatic carbocycles. The van der Waals surface area contributed by atoms with Gasteiger partial charge < -0.3 is 15.5 Å². The fourth-order valence-electron chi connectivity index (χ4n) is 3.79. The third kappa shape index (κ3) is 4.18. The van der Waals surface area contributed by atoms with Gasteiger partial charge in [-0.2, -0.15) is 0 Å². The van der Waals surface area contributed by atoms with Crippen molar-refractivity contribution in [2.75, 3.05) is 18.0 Å². The quantitative estimate of drug-likeness (QED) is 0.750. The van der Waals surface area contributed by atoms with Crippen molar-refractivity contribution in [3.8, 4) is 0 Å². The standard InChI is InChI=1S/C18H24BrN3O2.ClH/c1-12(20)16-7-2-3-9-22(16)18(24)15-8-10-21(17(15)23)14-6-4-5-13(19)11-14;/h4-6,11-12,15-16H,2-3,7-10,20H2,1H3;1H. The van der Waals surface area contributed by atoms with Gasteiger partial charge in [0.25, 0.3) is 0 Å². The van der Waals surface area contributed by atoms with Crippen LogP contribution in [0.2, 0.25) is 0 Å². The molecule has 1 aromatic carbocycles. The van der Waals surface area contributed by atoms with Gasteiger partial charge in [-0.1, -0.05) is 22.0 Å². The number of carbonyl (C=O) groups excluding carboxylic acids is 2. The molecule has 0 bridgehead atoms. The first-order valence-corrected chi connectivity index (χ1v) is 9.41. The number of rotatable bonds is 3. The van der Waals surface area contributed by atoms with Gasteiger partial charge in [0.05, 0.1) is 0 Å². The number of hydrogen-bond acceptors (Lipinski definition) is 3. The number of halogens is 2. The van der Waals surface area contributed by atoms with Crippen molar-refractivity contribution in [2.45, 2.75) is 44.7 Å². The van der Waals surface area contributed by atoms with Crippen LogP contribution in [0.5, 0.6) is 0 Å². The van der Waals surface area contributed by atoms with Crippen LogP contribution in [0.4, 0.5) is 5.69 Å². The predicted molar refractivity (Wildman–Crippen MR) is 105 cm³/mol. The van der Waals surface area contributed by atoms with Crippen LogP contribution < -0.4 is 10.6 Å². The van der Waals surface area contributed by atoms with Crippen LogP contribution >= 0.6 is 28.3 Å². The average Bonchev–Trinajstić information content (AvgIpc) is 2.95. The zero-order chi connectivity index (χ0) is 17.3.